The molecule has 2 fully saturated rings. The van der Waals surface area contributed by atoms with Crippen molar-refractivity contribution in [3.8, 4) is 0 Å². The number of halogens is 1. The second-order valence-corrected chi connectivity index (χ2v) is 7.41. The minimum atomic E-state index is 0. The topological polar surface area (TPSA) is 50.2 Å². The van der Waals surface area contributed by atoms with Gasteiger partial charge in [0.2, 0.25) is 0 Å². The number of aryl methyl sites for hydroxylation is 1. The van der Waals surface area contributed by atoms with Crippen molar-refractivity contribution < 1.29 is 4.79 Å². The maximum atomic E-state index is 13.3. The third kappa shape index (κ3) is 4.27. The largest absolute Gasteiger partial charge is 0.331 e. The molecule has 1 N–H and O–H groups in total. The molecule has 6 heteroatoms. The Bertz CT molecular complexity index is 750. The molecule has 1 aliphatic heterocycles. The van der Waals surface area contributed by atoms with E-state index in [4.69, 9.17) is 0 Å². The molecule has 2 heterocycles. The van der Waals surface area contributed by atoms with Gasteiger partial charge in [-0.3, -0.25) is 9.48 Å². The molecule has 1 aromatic heterocycles. The van der Waals surface area contributed by atoms with Crippen molar-refractivity contribution in [1.82, 2.24) is 20.0 Å². The monoisotopic (exact) mass is 374 g/mol. The van der Waals surface area contributed by atoms with Crippen LogP contribution in [0.1, 0.15) is 40.7 Å². The van der Waals surface area contributed by atoms with E-state index in [9.17, 15) is 4.79 Å². The maximum absolute atomic E-state index is 13.3. The number of aromatic nitrogens is 2. The highest BCUT2D eigenvalue weighted by Gasteiger charge is 2.34. The number of nitrogens with zero attached hydrogens (tertiary/aromatic N) is 3. The summed E-state index contributed by atoms with van der Waals surface area (Å²) in [5.41, 5.74) is 3.17. The average molecular weight is 375 g/mol. The van der Waals surface area contributed by atoms with Gasteiger partial charge in [-0.15, -0.1) is 12.4 Å². The van der Waals surface area contributed by atoms with Crippen molar-refractivity contribution in [1.29, 1.82) is 0 Å². The molecule has 0 bridgehead atoms. The number of carbonyl (C=O) groups excluding carboxylic acids is 1. The fourth-order valence-electron chi connectivity index (χ4n) is 3.76. The quantitative estimate of drug-likeness (QED) is 0.845. The second kappa shape index (κ2) is 8.23. The van der Waals surface area contributed by atoms with E-state index < -0.39 is 0 Å². The zero-order chi connectivity index (χ0) is 17.2. The number of rotatable bonds is 6. The van der Waals surface area contributed by atoms with Gasteiger partial charge >= 0.3 is 0 Å². The van der Waals surface area contributed by atoms with E-state index >= 15 is 0 Å². The first-order chi connectivity index (χ1) is 12.2. The Balaban J connectivity index is 0.00000196. The van der Waals surface area contributed by atoms with Gasteiger partial charge in [0.1, 0.15) is 0 Å². The summed E-state index contributed by atoms with van der Waals surface area (Å²) in [6, 6.07) is 8.55. The molecule has 4 rings (SSSR count). The third-order valence-electron chi connectivity index (χ3n) is 5.28. The molecule has 1 atom stereocenters. The van der Waals surface area contributed by atoms with Crippen LogP contribution in [0.2, 0.25) is 0 Å². The van der Waals surface area contributed by atoms with Crippen LogP contribution in [-0.2, 0) is 20.0 Å². The van der Waals surface area contributed by atoms with Crippen LogP contribution in [0.3, 0.4) is 0 Å². The fraction of sp³-hybridized carbons (Fsp3) is 0.500. The molecule has 140 valence electrons. The van der Waals surface area contributed by atoms with Crippen LogP contribution in [0.4, 0.5) is 0 Å². The number of amides is 1. The second-order valence-electron chi connectivity index (χ2n) is 7.41. The molecular weight excluding hydrogens is 348 g/mol. The van der Waals surface area contributed by atoms with Crippen molar-refractivity contribution in [2.24, 2.45) is 13.0 Å². The van der Waals surface area contributed by atoms with Gasteiger partial charge in [0.05, 0.1) is 6.20 Å². The van der Waals surface area contributed by atoms with Gasteiger partial charge < -0.3 is 10.2 Å². The minimum Gasteiger partial charge on any atom is -0.331 e. The molecule has 26 heavy (non-hydrogen) atoms. The highest BCUT2D eigenvalue weighted by atomic mass is 35.5. The number of nitrogens with one attached hydrogen (secondary N) is 1. The lowest BCUT2D eigenvalue weighted by molar-refractivity contribution is 0.0728. The molecular formula is C20H27ClN4O. The molecule has 2 aromatic rings. The first-order valence-corrected chi connectivity index (χ1v) is 9.28. The van der Waals surface area contributed by atoms with Gasteiger partial charge in [0.15, 0.2) is 0 Å². The highest BCUT2D eigenvalue weighted by molar-refractivity contribution is 5.96. The molecule has 2 aliphatic rings. The maximum Gasteiger partial charge on any atom is 0.254 e. The first-order valence-electron chi connectivity index (χ1n) is 9.28. The molecule has 1 aliphatic carbocycles. The summed E-state index contributed by atoms with van der Waals surface area (Å²) in [4.78, 5) is 15.4. The molecule has 5 nitrogen and oxygen atoms in total. The number of hydrogen-bond acceptors (Lipinski definition) is 3. The van der Waals surface area contributed by atoms with Crippen LogP contribution < -0.4 is 5.32 Å². The van der Waals surface area contributed by atoms with Crippen molar-refractivity contribution >= 4 is 18.3 Å². The standard InChI is InChI=1S/C20H26N4O.ClH/c1-23-13-16(12-22-23)14-24(18-6-7-18)20(25)19-5-3-2-4-17(19)10-15-8-9-21-11-15;/h2-5,12-13,15,18,21H,6-11,14H2,1H3;1H. The van der Waals surface area contributed by atoms with Gasteiger partial charge in [-0.25, -0.2) is 0 Å². The molecule has 0 radical (unpaired) electrons. The van der Waals surface area contributed by atoms with E-state index in [2.05, 4.69) is 22.5 Å². The van der Waals surface area contributed by atoms with E-state index in [-0.39, 0.29) is 18.3 Å². The lowest BCUT2D eigenvalue weighted by atomic mass is 9.94. The van der Waals surface area contributed by atoms with Crippen LogP contribution in [0, 0.1) is 5.92 Å². The Morgan fingerprint density at radius 1 is 1.31 bits per heavy atom. The Labute approximate surface area is 161 Å². The SMILES string of the molecule is Cl.Cn1cc(CN(C(=O)c2ccccc2CC2CCNC2)C2CC2)cn1. The molecule has 0 spiro atoms. The number of hydrogen-bond donors (Lipinski definition) is 1. The van der Waals surface area contributed by atoms with Crippen molar-refractivity contribution in [2.75, 3.05) is 13.1 Å². The van der Waals surface area contributed by atoms with E-state index in [1.807, 2.05) is 36.5 Å². The van der Waals surface area contributed by atoms with Crippen molar-refractivity contribution in [3.05, 3.63) is 53.3 Å². The Hall–Kier alpha value is -1.85. The highest BCUT2D eigenvalue weighted by Crippen LogP contribution is 2.31. The lowest BCUT2D eigenvalue weighted by Gasteiger charge is -2.24. The minimum absolute atomic E-state index is 0. The molecule has 1 aromatic carbocycles. The summed E-state index contributed by atoms with van der Waals surface area (Å²) in [6.45, 7) is 2.80. The number of benzene rings is 1. The van der Waals surface area contributed by atoms with Gasteiger partial charge in [0, 0.05) is 37.0 Å². The van der Waals surface area contributed by atoms with Crippen molar-refractivity contribution in [2.45, 2.75) is 38.3 Å². The molecule has 1 amide bonds. The summed E-state index contributed by atoms with van der Waals surface area (Å²) in [7, 11) is 1.91. The van der Waals surface area contributed by atoms with Crippen LogP contribution in [0.5, 0.6) is 0 Å². The summed E-state index contributed by atoms with van der Waals surface area (Å²) in [5, 5.41) is 7.66. The summed E-state index contributed by atoms with van der Waals surface area (Å²) in [6.07, 6.45) is 8.27. The van der Waals surface area contributed by atoms with Gasteiger partial charge in [-0.05, 0) is 56.3 Å². The lowest BCUT2D eigenvalue weighted by Crippen LogP contribution is -2.33. The van der Waals surface area contributed by atoms with Crippen LogP contribution >= 0.6 is 12.4 Å². The summed E-state index contributed by atoms with van der Waals surface area (Å²) >= 11 is 0. The van der Waals surface area contributed by atoms with Crippen LogP contribution in [0.15, 0.2) is 36.7 Å². The third-order valence-corrected chi connectivity index (χ3v) is 5.28. The molecule has 1 saturated heterocycles. The summed E-state index contributed by atoms with van der Waals surface area (Å²) < 4.78 is 1.80. The predicted molar refractivity (Wildman–Crippen MR) is 104 cm³/mol. The normalized spacial score (nSPS) is 19.2. The van der Waals surface area contributed by atoms with Gasteiger partial charge in [-0.1, -0.05) is 18.2 Å². The smallest absolute Gasteiger partial charge is 0.254 e. The predicted octanol–water partition coefficient (Wildman–Crippen LogP) is 2.80. The Morgan fingerprint density at radius 2 is 2.12 bits per heavy atom. The first kappa shape index (κ1) is 18.9. The Kier molecular flexibility index (Phi) is 5.99. The average Bonchev–Trinajstić information content (AvgIpc) is 3.17. The van der Waals surface area contributed by atoms with E-state index in [1.54, 1.807) is 4.68 Å². The van der Waals surface area contributed by atoms with Gasteiger partial charge in [-0.2, -0.15) is 5.10 Å². The molecule has 1 unspecified atom stereocenters. The van der Waals surface area contributed by atoms with E-state index in [0.29, 0.717) is 18.5 Å². The van der Waals surface area contributed by atoms with Crippen LogP contribution in [0.25, 0.3) is 0 Å². The van der Waals surface area contributed by atoms with Gasteiger partial charge in [0.25, 0.3) is 5.91 Å². The van der Waals surface area contributed by atoms with E-state index in [1.165, 1.54) is 12.0 Å². The van der Waals surface area contributed by atoms with Crippen LogP contribution in [-0.4, -0.2) is 39.7 Å². The molecule has 1 saturated carbocycles. The fourth-order valence-corrected chi connectivity index (χ4v) is 3.76. The zero-order valence-electron chi connectivity index (χ0n) is 15.2. The number of carbonyl (C=O) groups is 1. The summed E-state index contributed by atoms with van der Waals surface area (Å²) in [5.74, 6) is 0.814. The van der Waals surface area contributed by atoms with E-state index in [0.717, 1.165) is 43.5 Å². The van der Waals surface area contributed by atoms with Crippen molar-refractivity contribution in [3.63, 3.8) is 0 Å². The Morgan fingerprint density at radius 3 is 2.77 bits per heavy atom. The zero-order valence-corrected chi connectivity index (χ0v) is 16.0.